The molecule has 0 aliphatic carbocycles. The molecule has 49 heteroatoms. The molecule has 0 aromatic carbocycles. The molecule has 3 aliphatic heterocycles. The maximum atomic E-state index is 11.4. The SMILES string of the molecule is [N-]=[N+]=NCCC1OC(O)/C(O)=C(\O)C(CCN=[N+]=[N-])OC(O)/C(O)=C(\O)C(CCN=[N+]=[N-])OC(O)/C(O)=C(/O)C(CCN=[N+]=[N-])OC2OC(CN=[N+]=[N-])C(OC(O)C(O)C(O)C(CCN=[N+]=[N-])OC(O)/C(O)=C(\O)C(CCN=[N+]=[N-])OC(O)C(O)=C1O)C(O)C2O. The molecule has 0 aromatic heterocycles. The van der Waals surface area contributed by atoms with Gasteiger partial charge < -0.3 is 140 Å². The van der Waals surface area contributed by atoms with Crippen molar-refractivity contribution < 1.29 is 140 Å². The van der Waals surface area contributed by atoms with Crippen LogP contribution in [-0.4, -0.2) is 265 Å². The number of fused-ring (bicyclic) bond motifs is 27. The molecule has 19 unspecified atom stereocenters. The fourth-order valence-corrected chi connectivity index (χ4v) is 7.80. The van der Waals surface area contributed by atoms with Crippen LogP contribution in [-0.2, 0) is 37.9 Å². The first kappa shape index (κ1) is 78.2. The van der Waals surface area contributed by atoms with E-state index in [0.717, 1.165) is 0 Å². The van der Waals surface area contributed by atoms with Crippen molar-refractivity contribution in [2.24, 2.45) is 35.8 Å². The van der Waals surface area contributed by atoms with Crippen LogP contribution < -0.4 is 0 Å². The zero-order valence-electron chi connectivity index (χ0n) is 46.8. The molecule has 2 bridgehead atoms. The second-order valence-electron chi connectivity index (χ2n) is 18.3. The van der Waals surface area contributed by atoms with Crippen LogP contribution in [0.25, 0.3) is 73.1 Å². The van der Waals surface area contributed by atoms with E-state index in [1.165, 1.54) is 0 Å². The van der Waals surface area contributed by atoms with Gasteiger partial charge in [-0.2, -0.15) is 0 Å². The van der Waals surface area contributed by atoms with Gasteiger partial charge in [0.1, 0.15) is 61.0 Å². The monoisotopic (exact) mass is 1310 g/mol. The van der Waals surface area contributed by atoms with Gasteiger partial charge in [-0.1, -0.05) is 35.8 Å². The zero-order valence-corrected chi connectivity index (χ0v) is 46.8. The largest absolute Gasteiger partial charge is 0.506 e. The normalized spacial score (nSPS) is 35.1. The van der Waals surface area contributed by atoms with Crippen molar-refractivity contribution in [3.8, 4) is 0 Å². The summed E-state index contributed by atoms with van der Waals surface area (Å²) in [5, 5.41) is 245. The average molecular weight is 1310 g/mol. The summed E-state index contributed by atoms with van der Waals surface area (Å²) in [5.41, 5.74) is 62.7. The van der Waals surface area contributed by atoms with Crippen molar-refractivity contribution in [1.82, 2.24) is 0 Å². The topological polar surface area (TPSA) is 820 Å². The number of hydrogen-bond acceptors (Lipinski definition) is 35. The first-order valence-electron chi connectivity index (χ1n) is 25.9. The van der Waals surface area contributed by atoms with Crippen molar-refractivity contribution in [1.29, 1.82) is 0 Å². The van der Waals surface area contributed by atoms with Gasteiger partial charge >= 0.3 is 0 Å². The maximum absolute atomic E-state index is 11.4. The summed E-state index contributed by atoms with van der Waals surface area (Å²) in [7, 11) is 0. The lowest BCUT2D eigenvalue weighted by atomic mass is 9.97. The van der Waals surface area contributed by atoms with Crippen molar-refractivity contribution >= 4 is 0 Å². The third-order valence-electron chi connectivity index (χ3n) is 12.4. The van der Waals surface area contributed by atoms with E-state index in [-0.39, 0.29) is 0 Å². The van der Waals surface area contributed by atoms with E-state index in [0.29, 0.717) is 0 Å². The van der Waals surface area contributed by atoms with Gasteiger partial charge in [0, 0.05) is 73.7 Å². The second-order valence-corrected chi connectivity index (χ2v) is 18.3. The number of hydrogen-bond donors (Lipinski definition) is 20. The number of nitrogens with zero attached hydrogens (tertiary/aromatic N) is 21. The summed E-state index contributed by atoms with van der Waals surface area (Å²) in [4.78, 5) is 17.4. The van der Waals surface area contributed by atoms with Gasteiger partial charge in [0.2, 0.25) is 31.5 Å². The number of aliphatic hydroxyl groups is 20. The molecule has 20 N–H and O–H groups in total. The Labute approximate surface area is 507 Å². The van der Waals surface area contributed by atoms with Crippen LogP contribution in [0.3, 0.4) is 0 Å². The molecule has 91 heavy (non-hydrogen) atoms. The van der Waals surface area contributed by atoms with Gasteiger partial charge in [-0.3, -0.25) is 0 Å². The third-order valence-corrected chi connectivity index (χ3v) is 12.4. The second kappa shape index (κ2) is 40.7. The molecule has 49 nitrogen and oxygen atoms in total. The fraction of sp³-hybridized carbons (Fsp3) is 0.762. The van der Waals surface area contributed by atoms with E-state index in [9.17, 15) is 102 Å². The molecular formula is C42H65N21O28. The van der Waals surface area contributed by atoms with Crippen LogP contribution in [0.15, 0.2) is 93.4 Å². The van der Waals surface area contributed by atoms with Gasteiger partial charge in [0.05, 0.1) is 18.8 Å². The molecule has 0 amide bonds. The highest BCUT2D eigenvalue weighted by atomic mass is 16.7. The van der Waals surface area contributed by atoms with Crippen molar-refractivity contribution in [3.63, 3.8) is 0 Å². The summed E-state index contributed by atoms with van der Waals surface area (Å²) < 4.78 is 42.5. The quantitative estimate of drug-likeness (QED) is 0.0470. The van der Waals surface area contributed by atoms with Crippen LogP contribution in [0.4, 0.5) is 0 Å². The van der Waals surface area contributed by atoms with E-state index >= 15 is 0 Å². The molecule has 1 fully saturated rings. The van der Waals surface area contributed by atoms with Gasteiger partial charge in [-0.05, 0) is 77.2 Å². The van der Waals surface area contributed by atoms with E-state index in [4.69, 9.17) is 76.6 Å². The van der Waals surface area contributed by atoms with E-state index in [1.54, 1.807) is 0 Å². The highest BCUT2D eigenvalue weighted by Crippen LogP contribution is 2.32. The minimum absolute atomic E-state index is 0.673. The number of aliphatic hydroxyl groups excluding tert-OH is 20. The van der Waals surface area contributed by atoms with Gasteiger partial charge in [0.25, 0.3) is 0 Å². The molecule has 1 saturated heterocycles. The van der Waals surface area contributed by atoms with Gasteiger partial charge in [-0.15, -0.1) is 0 Å². The standard InChI is InChI=1S/C42H65N21O28/c43-57-50-7-1-14-21(64)29(72)37(79)86-16(3-9-52-59-45)23(66)31(74)39(81)88-18(5-11-54-61-47)25(68)33(76)41(83)91-35-20(13-56-63-49)90-42(34(77)27(35)70)89-19(6-12-55-62-48)26(69)32(75)40(82)87-17(4-10-53-60-46)24(67)30(73)38(80)85-15(2-8-51-58-44)22(65)28(71)36(78)84-14/h14-20,25,27,33-42,64-83H,1-13H2/b28-22+,29-21?,30-24+,31-23+,32-26-. The number of rotatable bonds is 20. The first-order chi connectivity index (χ1) is 43.2. The van der Waals surface area contributed by atoms with Crippen molar-refractivity contribution in [3.05, 3.63) is 131 Å². The summed E-state index contributed by atoms with van der Waals surface area (Å²) >= 11 is 0. The van der Waals surface area contributed by atoms with Crippen LogP contribution in [0.5, 0.6) is 0 Å². The van der Waals surface area contributed by atoms with E-state index < -0.39 is 259 Å². The minimum Gasteiger partial charge on any atom is -0.506 e. The maximum Gasteiger partial charge on any atom is 0.218 e. The van der Waals surface area contributed by atoms with Gasteiger partial charge in [-0.25, -0.2) is 0 Å². The third kappa shape index (κ3) is 24.1. The molecule has 506 valence electrons. The summed E-state index contributed by atoms with van der Waals surface area (Å²) in [6.07, 6.45) is -52.4. The van der Waals surface area contributed by atoms with Crippen LogP contribution in [0, 0.1) is 0 Å². The molecule has 3 rings (SSSR count). The summed E-state index contributed by atoms with van der Waals surface area (Å²) in [6.45, 7) is -5.22. The van der Waals surface area contributed by atoms with Crippen LogP contribution in [0.2, 0.25) is 0 Å². The summed E-state index contributed by atoms with van der Waals surface area (Å²) in [6, 6.07) is 0. The van der Waals surface area contributed by atoms with E-state index in [1.807, 2.05) is 0 Å². The highest BCUT2D eigenvalue weighted by molar-refractivity contribution is 5.15. The lowest BCUT2D eigenvalue weighted by Gasteiger charge is -2.44. The van der Waals surface area contributed by atoms with Crippen molar-refractivity contribution in [2.75, 3.05) is 45.8 Å². The van der Waals surface area contributed by atoms with Crippen LogP contribution in [0.1, 0.15) is 38.5 Å². The Hall–Kier alpha value is -8.85. The van der Waals surface area contributed by atoms with Crippen LogP contribution >= 0.6 is 0 Å². The molecule has 3 aliphatic rings. The Bertz CT molecular complexity index is 2890. The number of ether oxygens (including phenoxy) is 8. The first-order valence-corrected chi connectivity index (χ1v) is 25.9. The molecular weight excluding hydrogens is 1250 g/mol. The Balaban J connectivity index is 3.08. The van der Waals surface area contributed by atoms with E-state index in [2.05, 4.69) is 70.2 Å². The minimum atomic E-state index is -2.95. The number of azide groups is 7. The zero-order chi connectivity index (χ0) is 68.5. The Kier molecular flexibility index (Phi) is 35.0. The van der Waals surface area contributed by atoms with Gasteiger partial charge in [0.15, 0.2) is 70.2 Å². The highest BCUT2D eigenvalue weighted by Gasteiger charge is 2.49. The molecule has 0 saturated carbocycles. The lowest BCUT2D eigenvalue weighted by molar-refractivity contribution is -0.334. The molecule has 0 radical (unpaired) electrons. The molecule has 0 aromatic rings. The predicted molar refractivity (Wildman–Crippen MR) is 290 cm³/mol. The summed E-state index contributed by atoms with van der Waals surface area (Å²) in [5.74, 6) is -16.5. The fourth-order valence-electron chi connectivity index (χ4n) is 7.80. The molecule has 0 spiro atoms. The van der Waals surface area contributed by atoms with Crippen molar-refractivity contribution in [2.45, 2.75) is 156 Å². The Morgan fingerprint density at radius 2 is 0.549 bits per heavy atom. The Morgan fingerprint density at radius 3 is 0.846 bits per heavy atom. The predicted octanol–water partition coefficient (Wildman–Crippen LogP) is 1.93. The molecule has 19 atom stereocenters. The lowest BCUT2D eigenvalue weighted by Crippen LogP contribution is -2.62. The average Bonchev–Trinajstić information content (AvgIpc) is 1.01. The molecule has 3 heterocycles. The Morgan fingerprint density at radius 1 is 0.275 bits per heavy atom. The smallest absolute Gasteiger partial charge is 0.218 e.